The zero-order chi connectivity index (χ0) is 16.4. The van der Waals surface area contributed by atoms with Crippen molar-refractivity contribution in [1.29, 1.82) is 0 Å². The van der Waals surface area contributed by atoms with E-state index in [1.165, 1.54) is 29.0 Å². The van der Waals surface area contributed by atoms with Gasteiger partial charge in [0.05, 0.1) is 5.25 Å². The van der Waals surface area contributed by atoms with E-state index in [2.05, 4.69) is 11.4 Å². The van der Waals surface area contributed by atoms with Gasteiger partial charge in [-0.1, -0.05) is 6.07 Å². The molecular weight excluding hydrogens is 316 g/mol. The number of anilines is 1. The molecule has 0 saturated heterocycles. The molecule has 0 saturated carbocycles. The SMILES string of the molecule is CC(Sc1ccc(F)c(F)c1)C(=O)Nc1ccc2c(c1)CCC2. The largest absolute Gasteiger partial charge is 0.325 e. The molecule has 1 aliphatic rings. The molecule has 3 rings (SSSR count). The van der Waals surface area contributed by atoms with Crippen molar-refractivity contribution in [2.75, 3.05) is 5.32 Å². The van der Waals surface area contributed by atoms with E-state index >= 15 is 0 Å². The molecule has 0 aliphatic heterocycles. The number of carbonyl (C=O) groups excluding carboxylic acids is 1. The molecule has 1 unspecified atom stereocenters. The molecule has 2 nitrogen and oxygen atoms in total. The van der Waals surface area contributed by atoms with Gasteiger partial charge in [-0.2, -0.15) is 0 Å². The minimum absolute atomic E-state index is 0.155. The van der Waals surface area contributed by atoms with E-state index < -0.39 is 16.9 Å². The summed E-state index contributed by atoms with van der Waals surface area (Å²) in [6, 6.07) is 9.65. The molecule has 1 atom stereocenters. The van der Waals surface area contributed by atoms with Crippen molar-refractivity contribution in [3.63, 3.8) is 0 Å². The van der Waals surface area contributed by atoms with Crippen molar-refractivity contribution in [2.24, 2.45) is 0 Å². The summed E-state index contributed by atoms with van der Waals surface area (Å²) in [5.41, 5.74) is 3.43. The van der Waals surface area contributed by atoms with Gasteiger partial charge in [0.1, 0.15) is 0 Å². The van der Waals surface area contributed by atoms with Gasteiger partial charge in [-0.25, -0.2) is 8.78 Å². The van der Waals surface area contributed by atoms with Crippen molar-refractivity contribution in [3.05, 3.63) is 59.2 Å². The molecule has 2 aromatic rings. The van der Waals surface area contributed by atoms with Crippen molar-refractivity contribution >= 4 is 23.4 Å². The molecule has 0 bridgehead atoms. The third-order valence-corrected chi connectivity index (χ3v) is 5.03. The van der Waals surface area contributed by atoms with Crippen LogP contribution in [-0.2, 0) is 17.6 Å². The van der Waals surface area contributed by atoms with Crippen molar-refractivity contribution < 1.29 is 13.6 Å². The fourth-order valence-corrected chi connectivity index (χ4v) is 3.59. The maximum atomic E-state index is 13.2. The van der Waals surface area contributed by atoms with E-state index in [9.17, 15) is 13.6 Å². The van der Waals surface area contributed by atoms with Gasteiger partial charge in [-0.15, -0.1) is 11.8 Å². The Labute approximate surface area is 138 Å². The zero-order valence-corrected chi connectivity index (χ0v) is 13.6. The zero-order valence-electron chi connectivity index (χ0n) is 12.7. The standard InChI is InChI=1S/C18H17F2NOS/c1-11(23-15-7-8-16(19)17(20)10-15)18(22)21-14-6-5-12-3-2-4-13(12)9-14/h5-11H,2-4H2,1H3,(H,21,22). The number of halogens is 2. The Morgan fingerprint density at radius 3 is 2.65 bits per heavy atom. The average Bonchev–Trinajstić information content (AvgIpc) is 2.98. The van der Waals surface area contributed by atoms with Crippen LogP contribution in [0.5, 0.6) is 0 Å². The number of benzene rings is 2. The lowest BCUT2D eigenvalue weighted by molar-refractivity contribution is -0.115. The highest BCUT2D eigenvalue weighted by Crippen LogP contribution is 2.27. The molecular formula is C18H17F2NOS. The van der Waals surface area contributed by atoms with Crippen LogP contribution < -0.4 is 5.32 Å². The van der Waals surface area contributed by atoms with Gasteiger partial charge in [0.25, 0.3) is 0 Å². The fraction of sp³-hybridized carbons (Fsp3) is 0.278. The topological polar surface area (TPSA) is 29.1 Å². The van der Waals surface area contributed by atoms with Crippen LogP contribution >= 0.6 is 11.8 Å². The Morgan fingerprint density at radius 2 is 1.87 bits per heavy atom. The summed E-state index contributed by atoms with van der Waals surface area (Å²) in [5, 5.41) is 2.48. The summed E-state index contributed by atoms with van der Waals surface area (Å²) in [6.07, 6.45) is 3.32. The Balaban J connectivity index is 1.64. The molecule has 0 fully saturated rings. The first kappa shape index (κ1) is 16.0. The van der Waals surface area contributed by atoms with Gasteiger partial charge >= 0.3 is 0 Å². The number of nitrogens with one attached hydrogen (secondary N) is 1. The van der Waals surface area contributed by atoms with E-state index in [0.717, 1.165) is 37.1 Å². The third kappa shape index (κ3) is 3.72. The second-order valence-corrected chi connectivity index (χ2v) is 7.08. The van der Waals surface area contributed by atoms with E-state index in [1.54, 1.807) is 6.92 Å². The first-order valence-electron chi connectivity index (χ1n) is 7.57. The highest BCUT2D eigenvalue weighted by molar-refractivity contribution is 8.00. The van der Waals surface area contributed by atoms with E-state index in [4.69, 9.17) is 0 Å². The molecule has 23 heavy (non-hydrogen) atoms. The molecule has 1 N–H and O–H groups in total. The predicted octanol–water partition coefficient (Wildman–Crippen LogP) is 4.57. The van der Waals surface area contributed by atoms with Crippen LogP contribution in [0, 0.1) is 11.6 Å². The van der Waals surface area contributed by atoms with Crippen LogP contribution in [0.2, 0.25) is 0 Å². The Hall–Kier alpha value is -1.88. The predicted molar refractivity (Wildman–Crippen MR) is 88.8 cm³/mol. The van der Waals surface area contributed by atoms with Gasteiger partial charge in [0.2, 0.25) is 5.91 Å². The first-order valence-corrected chi connectivity index (χ1v) is 8.45. The summed E-state index contributed by atoms with van der Waals surface area (Å²) in [4.78, 5) is 12.8. The number of amides is 1. The van der Waals surface area contributed by atoms with Crippen LogP contribution in [0.15, 0.2) is 41.3 Å². The maximum Gasteiger partial charge on any atom is 0.237 e. The third-order valence-electron chi connectivity index (χ3n) is 3.94. The highest BCUT2D eigenvalue weighted by atomic mass is 32.2. The molecule has 2 aromatic carbocycles. The highest BCUT2D eigenvalue weighted by Gasteiger charge is 2.17. The molecule has 1 aliphatic carbocycles. The van der Waals surface area contributed by atoms with Crippen LogP contribution in [0.25, 0.3) is 0 Å². The van der Waals surface area contributed by atoms with Crippen LogP contribution in [-0.4, -0.2) is 11.2 Å². The fourth-order valence-electron chi connectivity index (χ4n) is 2.70. The number of hydrogen-bond donors (Lipinski definition) is 1. The normalized spacial score (nSPS) is 14.4. The summed E-state index contributed by atoms with van der Waals surface area (Å²) in [5.74, 6) is -1.94. The molecule has 0 spiro atoms. The number of aryl methyl sites for hydroxylation is 2. The van der Waals surface area contributed by atoms with Gasteiger partial charge in [0, 0.05) is 10.6 Å². The van der Waals surface area contributed by atoms with Crippen molar-refractivity contribution in [3.8, 4) is 0 Å². The minimum atomic E-state index is -0.902. The van der Waals surface area contributed by atoms with Crippen molar-refractivity contribution in [1.82, 2.24) is 0 Å². The molecule has 5 heteroatoms. The number of rotatable bonds is 4. The van der Waals surface area contributed by atoms with Gasteiger partial charge < -0.3 is 5.32 Å². The Morgan fingerprint density at radius 1 is 1.09 bits per heavy atom. The number of thioether (sulfide) groups is 1. The van der Waals surface area contributed by atoms with Gasteiger partial charge in [-0.3, -0.25) is 4.79 Å². The Bertz CT molecular complexity index is 748. The van der Waals surface area contributed by atoms with Gasteiger partial charge in [0.15, 0.2) is 11.6 Å². The molecule has 0 aromatic heterocycles. The van der Waals surface area contributed by atoms with E-state index in [0.29, 0.717) is 4.90 Å². The summed E-state index contributed by atoms with van der Waals surface area (Å²) >= 11 is 1.20. The second-order valence-electron chi connectivity index (χ2n) is 5.66. The first-order chi connectivity index (χ1) is 11.0. The average molecular weight is 333 g/mol. The quantitative estimate of drug-likeness (QED) is 0.830. The molecule has 1 amide bonds. The van der Waals surface area contributed by atoms with E-state index in [-0.39, 0.29) is 5.91 Å². The number of fused-ring (bicyclic) bond motifs is 1. The molecule has 120 valence electrons. The smallest absolute Gasteiger partial charge is 0.237 e. The van der Waals surface area contributed by atoms with Crippen molar-refractivity contribution in [2.45, 2.75) is 36.3 Å². The molecule has 0 radical (unpaired) electrons. The summed E-state index contributed by atoms with van der Waals surface area (Å²) in [7, 11) is 0. The minimum Gasteiger partial charge on any atom is -0.325 e. The monoisotopic (exact) mass is 333 g/mol. The summed E-state index contributed by atoms with van der Waals surface area (Å²) < 4.78 is 26.1. The van der Waals surface area contributed by atoms with Crippen LogP contribution in [0.1, 0.15) is 24.5 Å². The van der Waals surface area contributed by atoms with Crippen LogP contribution in [0.4, 0.5) is 14.5 Å². The number of carbonyl (C=O) groups is 1. The lowest BCUT2D eigenvalue weighted by Gasteiger charge is -2.13. The van der Waals surface area contributed by atoms with E-state index in [1.807, 2.05) is 12.1 Å². The maximum absolute atomic E-state index is 13.2. The molecule has 0 heterocycles. The Kier molecular flexibility index (Phi) is 4.66. The summed E-state index contributed by atoms with van der Waals surface area (Å²) in [6.45, 7) is 1.74. The van der Waals surface area contributed by atoms with Crippen LogP contribution in [0.3, 0.4) is 0 Å². The lowest BCUT2D eigenvalue weighted by Crippen LogP contribution is -2.22. The number of hydrogen-bond acceptors (Lipinski definition) is 2. The second kappa shape index (κ2) is 6.71. The lowest BCUT2D eigenvalue weighted by atomic mass is 10.1. The van der Waals surface area contributed by atoms with Gasteiger partial charge in [-0.05, 0) is 67.6 Å².